The van der Waals surface area contributed by atoms with Crippen LogP contribution in [0.2, 0.25) is 0 Å². The Balaban J connectivity index is 1.67. The van der Waals surface area contributed by atoms with Gasteiger partial charge in [-0.25, -0.2) is 0 Å². The molecule has 0 aromatic carbocycles. The van der Waals surface area contributed by atoms with Crippen LogP contribution in [0.3, 0.4) is 0 Å². The van der Waals surface area contributed by atoms with Gasteiger partial charge in [-0.3, -0.25) is 4.99 Å². The van der Waals surface area contributed by atoms with Crippen molar-refractivity contribution in [2.45, 2.75) is 62.9 Å². The van der Waals surface area contributed by atoms with E-state index in [0.29, 0.717) is 6.04 Å². The zero-order valence-corrected chi connectivity index (χ0v) is 11.9. The number of aliphatic imine (C=N–C) groups is 1. The minimum atomic E-state index is 0.0861. The Kier molecular flexibility index (Phi) is 4.38. The van der Waals surface area contributed by atoms with Gasteiger partial charge in [-0.1, -0.05) is 25.7 Å². The molecule has 0 amide bonds. The quantitative estimate of drug-likeness (QED) is 0.711. The van der Waals surface area contributed by atoms with Gasteiger partial charge in [0.1, 0.15) is 5.84 Å². The molecule has 0 atom stereocenters. The zero-order valence-electron chi connectivity index (χ0n) is 11.9. The summed E-state index contributed by atoms with van der Waals surface area (Å²) in [6.07, 6.45) is 10.3. The molecule has 4 heteroatoms. The number of nitrogens with zero attached hydrogens (tertiary/aromatic N) is 1. The number of rotatable bonds is 1. The van der Waals surface area contributed by atoms with Gasteiger partial charge >= 0.3 is 0 Å². The van der Waals surface area contributed by atoms with Crippen LogP contribution in [0.25, 0.3) is 0 Å². The van der Waals surface area contributed by atoms with Gasteiger partial charge in [0.15, 0.2) is 0 Å². The number of nitrogens with one attached hydrogen (secondary N) is 2. The first kappa shape index (κ1) is 13.4. The summed E-state index contributed by atoms with van der Waals surface area (Å²) in [5, 5.41) is 7.51. The standard InChI is InChI=1S/C15H27N3O/c1-2-4-6-13(5-3-1)18-14-15(17-10-9-16-14)7-11-19-12-8-15/h13,17H,1-12H2,(H,16,18). The number of ether oxygens (including phenoxy) is 1. The highest BCUT2D eigenvalue weighted by molar-refractivity contribution is 5.92. The first-order chi connectivity index (χ1) is 9.39. The zero-order chi connectivity index (χ0) is 13.0. The SMILES string of the molecule is C1CCCC(NC2=NCCNC23CCOCC3)CC1. The molecule has 2 heterocycles. The van der Waals surface area contributed by atoms with Gasteiger partial charge < -0.3 is 15.4 Å². The Morgan fingerprint density at radius 3 is 2.58 bits per heavy atom. The maximum atomic E-state index is 5.53. The first-order valence-corrected chi connectivity index (χ1v) is 8.03. The average Bonchev–Trinajstić information content (AvgIpc) is 2.71. The van der Waals surface area contributed by atoms with E-state index in [9.17, 15) is 0 Å². The number of hydrogen-bond donors (Lipinski definition) is 2. The van der Waals surface area contributed by atoms with Gasteiger partial charge in [0.2, 0.25) is 0 Å². The highest BCUT2D eigenvalue weighted by Crippen LogP contribution is 2.25. The maximum Gasteiger partial charge on any atom is 0.117 e. The van der Waals surface area contributed by atoms with Gasteiger partial charge in [0.05, 0.1) is 12.1 Å². The van der Waals surface area contributed by atoms with Crippen molar-refractivity contribution < 1.29 is 4.74 Å². The molecule has 3 rings (SSSR count). The van der Waals surface area contributed by atoms with Crippen LogP contribution >= 0.6 is 0 Å². The van der Waals surface area contributed by atoms with E-state index in [2.05, 4.69) is 10.6 Å². The van der Waals surface area contributed by atoms with E-state index in [-0.39, 0.29) is 5.54 Å². The fraction of sp³-hybridized carbons (Fsp3) is 0.933. The lowest BCUT2D eigenvalue weighted by Crippen LogP contribution is -2.63. The molecule has 1 saturated heterocycles. The molecule has 0 radical (unpaired) electrons. The van der Waals surface area contributed by atoms with Gasteiger partial charge in [-0.2, -0.15) is 0 Å². The minimum Gasteiger partial charge on any atom is -0.381 e. The van der Waals surface area contributed by atoms with Crippen LogP contribution in [0.4, 0.5) is 0 Å². The molecule has 0 bridgehead atoms. The maximum absolute atomic E-state index is 5.53. The van der Waals surface area contributed by atoms with E-state index in [4.69, 9.17) is 9.73 Å². The lowest BCUT2D eigenvalue weighted by molar-refractivity contribution is 0.0592. The van der Waals surface area contributed by atoms with E-state index in [1.54, 1.807) is 0 Å². The normalized spacial score (nSPS) is 28.7. The van der Waals surface area contributed by atoms with Crippen LogP contribution in [0, 0.1) is 0 Å². The predicted molar refractivity (Wildman–Crippen MR) is 77.7 cm³/mol. The second kappa shape index (κ2) is 6.23. The third-order valence-corrected chi connectivity index (χ3v) is 4.84. The topological polar surface area (TPSA) is 45.7 Å². The Labute approximate surface area is 116 Å². The van der Waals surface area contributed by atoms with E-state index in [1.807, 2.05) is 0 Å². The Morgan fingerprint density at radius 2 is 1.84 bits per heavy atom. The number of hydrogen-bond acceptors (Lipinski definition) is 4. The largest absolute Gasteiger partial charge is 0.381 e. The monoisotopic (exact) mass is 265 g/mol. The van der Waals surface area contributed by atoms with E-state index in [1.165, 1.54) is 44.4 Å². The summed E-state index contributed by atoms with van der Waals surface area (Å²) in [6.45, 7) is 3.64. The Hall–Kier alpha value is -0.610. The summed E-state index contributed by atoms with van der Waals surface area (Å²) >= 11 is 0. The van der Waals surface area contributed by atoms with Crippen molar-refractivity contribution in [2.24, 2.45) is 4.99 Å². The second-order valence-corrected chi connectivity index (χ2v) is 6.18. The molecule has 1 spiro atoms. The van der Waals surface area contributed by atoms with Crippen molar-refractivity contribution in [3.63, 3.8) is 0 Å². The van der Waals surface area contributed by atoms with Crippen molar-refractivity contribution in [1.82, 2.24) is 10.6 Å². The number of amidine groups is 1. The minimum absolute atomic E-state index is 0.0861. The molecule has 2 fully saturated rings. The van der Waals surface area contributed by atoms with Crippen molar-refractivity contribution in [3.05, 3.63) is 0 Å². The fourth-order valence-electron chi connectivity index (χ4n) is 3.63. The summed E-state index contributed by atoms with van der Waals surface area (Å²) in [4.78, 5) is 4.82. The molecule has 19 heavy (non-hydrogen) atoms. The molecule has 0 aromatic rings. The van der Waals surface area contributed by atoms with Crippen LogP contribution < -0.4 is 10.6 Å². The summed E-state index contributed by atoms with van der Waals surface area (Å²) in [5.41, 5.74) is 0.0861. The van der Waals surface area contributed by atoms with Gasteiger partial charge in [0.25, 0.3) is 0 Å². The van der Waals surface area contributed by atoms with Crippen molar-refractivity contribution in [3.8, 4) is 0 Å². The van der Waals surface area contributed by atoms with Crippen LogP contribution in [0.5, 0.6) is 0 Å². The molecule has 1 saturated carbocycles. The van der Waals surface area contributed by atoms with Crippen molar-refractivity contribution in [2.75, 3.05) is 26.3 Å². The molecule has 3 aliphatic rings. The molecule has 4 nitrogen and oxygen atoms in total. The lowest BCUT2D eigenvalue weighted by Gasteiger charge is -2.42. The summed E-state index contributed by atoms with van der Waals surface area (Å²) < 4.78 is 5.53. The van der Waals surface area contributed by atoms with Crippen molar-refractivity contribution in [1.29, 1.82) is 0 Å². The molecule has 1 aliphatic carbocycles. The third kappa shape index (κ3) is 3.11. The summed E-state index contributed by atoms with van der Waals surface area (Å²) in [5.74, 6) is 1.23. The molecule has 0 aromatic heterocycles. The van der Waals surface area contributed by atoms with Crippen LogP contribution in [-0.2, 0) is 4.74 Å². The van der Waals surface area contributed by atoms with Crippen LogP contribution in [0.15, 0.2) is 4.99 Å². The predicted octanol–water partition coefficient (Wildman–Crippen LogP) is 1.85. The van der Waals surface area contributed by atoms with Crippen molar-refractivity contribution >= 4 is 5.84 Å². The molecular weight excluding hydrogens is 238 g/mol. The smallest absolute Gasteiger partial charge is 0.117 e. The van der Waals surface area contributed by atoms with E-state index >= 15 is 0 Å². The van der Waals surface area contributed by atoms with E-state index < -0.39 is 0 Å². The average molecular weight is 265 g/mol. The summed E-state index contributed by atoms with van der Waals surface area (Å²) in [6, 6.07) is 0.640. The molecule has 0 unspecified atom stereocenters. The Morgan fingerprint density at radius 1 is 1.11 bits per heavy atom. The van der Waals surface area contributed by atoms with Gasteiger partial charge in [0, 0.05) is 25.8 Å². The van der Waals surface area contributed by atoms with E-state index in [0.717, 1.165) is 39.1 Å². The highest BCUT2D eigenvalue weighted by atomic mass is 16.5. The van der Waals surface area contributed by atoms with Crippen LogP contribution in [0.1, 0.15) is 51.4 Å². The first-order valence-electron chi connectivity index (χ1n) is 8.03. The molecule has 108 valence electrons. The van der Waals surface area contributed by atoms with Gasteiger partial charge in [-0.05, 0) is 25.7 Å². The third-order valence-electron chi connectivity index (χ3n) is 4.84. The Bertz CT molecular complexity index is 315. The second-order valence-electron chi connectivity index (χ2n) is 6.18. The lowest BCUT2D eigenvalue weighted by atomic mass is 9.86. The fourth-order valence-corrected chi connectivity index (χ4v) is 3.63. The molecule has 2 aliphatic heterocycles. The molecule has 2 N–H and O–H groups in total. The summed E-state index contributed by atoms with van der Waals surface area (Å²) in [7, 11) is 0. The van der Waals surface area contributed by atoms with Gasteiger partial charge in [-0.15, -0.1) is 0 Å². The molecular formula is C15H27N3O. The highest BCUT2D eigenvalue weighted by Gasteiger charge is 2.39. The van der Waals surface area contributed by atoms with Crippen LogP contribution in [-0.4, -0.2) is 43.7 Å².